The molecule has 6 heterocycles. The minimum Gasteiger partial charge on any atom is -0.462 e. The number of fused-ring (bicyclic) bond motifs is 2. The van der Waals surface area contributed by atoms with Gasteiger partial charge < -0.3 is 62.7 Å². The second-order valence-electron chi connectivity index (χ2n) is 19.4. The van der Waals surface area contributed by atoms with Crippen molar-refractivity contribution in [1.29, 1.82) is 0 Å². The molecule has 0 aromatic heterocycles. The number of hydrogen-bond donors (Lipinski definition) is 3. The summed E-state index contributed by atoms with van der Waals surface area (Å²) in [7, 11) is 3.23. The van der Waals surface area contributed by atoms with E-state index in [9.17, 15) is 20.1 Å². The third-order valence-electron chi connectivity index (χ3n) is 14.9. The molecule has 1 unspecified atom stereocenters. The highest BCUT2D eigenvalue weighted by Gasteiger charge is 2.60. The lowest BCUT2D eigenvalue weighted by atomic mass is 9.71. The predicted molar refractivity (Wildman–Crippen MR) is 227 cm³/mol. The number of allylic oxidation sites excluding steroid dienone is 2. The number of ether oxygens (including phenoxy) is 10. The topological polar surface area (TPSA) is 170 Å². The number of rotatable bonds is 8. The maximum atomic E-state index is 14.4. The van der Waals surface area contributed by atoms with Gasteiger partial charge in [-0.05, 0) is 69.1 Å². The van der Waals surface area contributed by atoms with E-state index in [1.165, 1.54) is 0 Å². The second kappa shape index (κ2) is 19.8. The molecule has 7 rings (SSSR count). The standard InChI is InChI=1S/C48H74O14/c1-11-25(2)43-28(5)17-18-47(62-43)23-34-20-33(61-47)16-15-27(4)42(26(3)13-12-14-32-24-55-45-40(49)29(6)19-35(46(51)58-34)48(32,45)52)59-39-22-37(54-10)44(31(8)57-39)60-38-21-36(53-9)41(50)30(7)56-38/h12-15,19,25-26,28,30-31,33-45,49-50,52H,11,16-18,20-24H2,1-10H3/b13-12+,27-15+,32-14+/t25-,26-,28-,30+,31+,33+,34-,35-,36+,37+,38+,39+,40+,41+,42-,43+,44+,45?,47+,48+/m0/s1. The third kappa shape index (κ3) is 9.73. The first-order chi connectivity index (χ1) is 29.5. The summed E-state index contributed by atoms with van der Waals surface area (Å²) in [5.41, 5.74) is 0.188. The fraction of sp³-hybridized carbons (Fsp3) is 0.812. The molecule has 7 aliphatic rings. The Hall–Kier alpha value is -2.05. The summed E-state index contributed by atoms with van der Waals surface area (Å²) in [6.45, 7) is 16.3. The molecule has 0 saturated carbocycles. The Morgan fingerprint density at radius 2 is 1.63 bits per heavy atom. The van der Waals surface area contributed by atoms with Crippen molar-refractivity contribution in [2.75, 3.05) is 20.8 Å². The molecule has 20 atom stereocenters. The van der Waals surface area contributed by atoms with Gasteiger partial charge in [-0.2, -0.15) is 0 Å². The smallest absolute Gasteiger partial charge is 0.316 e. The van der Waals surface area contributed by atoms with Crippen molar-refractivity contribution < 1.29 is 67.5 Å². The van der Waals surface area contributed by atoms with Crippen molar-refractivity contribution in [3.8, 4) is 0 Å². The van der Waals surface area contributed by atoms with Crippen LogP contribution in [-0.4, -0.2) is 139 Å². The molecule has 6 aliphatic heterocycles. The van der Waals surface area contributed by atoms with Crippen molar-refractivity contribution in [2.24, 2.45) is 23.7 Å². The van der Waals surface area contributed by atoms with Gasteiger partial charge >= 0.3 is 5.97 Å². The molecule has 0 radical (unpaired) electrons. The Bertz CT molecular complexity index is 1680. The number of aliphatic hydroxyl groups is 3. The summed E-state index contributed by atoms with van der Waals surface area (Å²) < 4.78 is 63.9. The zero-order chi connectivity index (χ0) is 44.7. The highest BCUT2D eigenvalue weighted by Crippen LogP contribution is 2.48. The third-order valence-corrected chi connectivity index (χ3v) is 14.9. The molecule has 0 aromatic carbocycles. The molecule has 350 valence electrons. The Morgan fingerprint density at radius 1 is 0.919 bits per heavy atom. The predicted octanol–water partition coefficient (Wildman–Crippen LogP) is 5.60. The van der Waals surface area contributed by atoms with E-state index in [0.717, 1.165) is 18.4 Å². The average molecular weight is 875 g/mol. The zero-order valence-electron chi connectivity index (χ0n) is 38.5. The summed E-state index contributed by atoms with van der Waals surface area (Å²) in [6, 6.07) is 0. The monoisotopic (exact) mass is 875 g/mol. The molecule has 14 heteroatoms. The summed E-state index contributed by atoms with van der Waals surface area (Å²) in [5, 5.41) is 34.2. The highest BCUT2D eigenvalue weighted by atomic mass is 16.7. The van der Waals surface area contributed by atoms with Crippen molar-refractivity contribution in [2.45, 2.75) is 204 Å². The molecule has 0 aromatic rings. The van der Waals surface area contributed by atoms with Gasteiger partial charge in [0.05, 0.1) is 49.3 Å². The normalized spacial score (nSPS) is 49.4. The molecule has 0 amide bonds. The van der Waals surface area contributed by atoms with Crippen LogP contribution in [0.4, 0.5) is 0 Å². The molecule has 5 fully saturated rings. The van der Waals surface area contributed by atoms with Gasteiger partial charge in [-0.15, -0.1) is 0 Å². The van der Waals surface area contributed by atoms with Gasteiger partial charge in [-0.3, -0.25) is 4.79 Å². The summed E-state index contributed by atoms with van der Waals surface area (Å²) in [6.07, 6.45) is 6.53. The van der Waals surface area contributed by atoms with Gasteiger partial charge in [0.2, 0.25) is 0 Å². The van der Waals surface area contributed by atoms with Gasteiger partial charge in [0, 0.05) is 52.2 Å². The summed E-state index contributed by atoms with van der Waals surface area (Å²) in [5.74, 6) is -2.10. The molecule has 2 bridgehead atoms. The summed E-state index contributed by atoms with van der Waals surface area (Å²) >= 11 is 0. The second-order valence-corrected chi connectivity index (χ2v) is 19.4. The Labute approximate surface area is 368 Å². The van der Waals surface area contributed by atoms with E-state index in [1.807, 2.05) is 19.1 Å². The highest BCUT2D eigenvalue weighted by molar-refractivity contribution is 5.78. The van der Waals surface area contributed by atoms with E-state index in [1.54, 1.807) is 40.2 Å². The van der Waals surface area contributed by atoms with Crippen LogP contribution in [0, 0.1) is 23.7 Å². The molecule has 3 N–H and O–H groups in total. The van der Waals surface area contributed by atoms with Gasteiger partial charge in [0.25, 0.3) is 0 Å². The number of carbonyl (C=O) groups excluding carboxylic acids is 1. The van der Waals surface area contributed by atoms with Crippen LogP contribution in [0.15, 0.2) is 47.1 Å². The van der Waals surface area contributed by atoms with Gasteiger partial charge in [0.1, 0.15) is 42.0 Å². The van der Waals surface area contributed by atoms with Crippen LogP contribution in [0.2, 0.25) is 0 Å². The molecule has 14 nitrogen and oxygen atoms in total. The van der Waals surface area contributed by atoms with Gasteiger partial charge in [-0.1, -0.05) is 64.5 Å². The van der Waals surface area contributed by atoms with Crippen molar-refractivity contribution >= 4 is 5.97 Å². The number of hydrogen-bond acceptors (Lipinski definition) is 14. The van der Waals surface area contributed by atoms with E-state index in [-0.39, 0.29) is 30.8 Å². The van der Waals surface area contributed by atoms with Crippen LogP contribution < -0.4 is 0 Å². The van der Waals surface area contributed by atoms with E-state index in [0.29, 0.717) is 61.5 Å². The van der Waals surface area contributed by atoms with Crippen LogP contribution in [0.3, 0.4) is 0 Å². The van der Waals surface area contributed by atoms with E-state index in [4.69, 9.17) is 47.4 Å². The van der Waals surface area contributed by atoms with Crippen LogP contribution in [0.5, 0.6) is 0 Å². The molecule has 62 heavy (non-hydrogen) atoms. The molecule has 5 saturated heterocycles. The number of carbonyl (C=O) groups is 1. The minimum atomic E-state index is -1.82. The van der Waals surface area contributed by atoms with Gasteiger partial charge in [-0.25, -0.2) is 0 Å². The lowest BCUT2D eigenvalue weighted by Crippen LogP contribution is -2.58. The van der Waals surface area contributed by atoms with Crippen molar-refractivity contribution in [3.05, 3.63) is 47.1 Å². The quantitative estimate of drug-likeness (QED) is 0.204. The number of aliphatic hydroxyl groups excluding tert-OH is 2. The maximum absolute atomic E-state index is 14.4. The van der Waals surface area contributed by atoms with Crippen LogP contribution >= 0.6 is 0 Å². The lowest BCUT2D eigenvalue weighted by Gasteiger charge is -2.51. The first kappa shape index (κ1) is 47.9. The van der Waals surface area contributed by atoms with Crippen molar-refractivity contribution in [1.82, 2.24) is 0 Å². The zero-order valence-corrected chi connectivity index (χ0v) is 38.5. The Kier molecular flexibility index (Phi) is 15.3. The first-order valence-electron chi connectivity index (χ1n) is 23.2. The van der Waals surface area contributed by atoms with E-state index >= 15 is 0 Å². The van der Waals surface area contributed by atoms with Crippen LogP contribution in [-0.2, 0) is 52.2 Å². The number of esters is 1. The summed E-state index contributed by atoms with van der Waals surface area (Å²) in [4.78, 5) is 14.4. The maximum Gasteiger partial charge on any atom is 0.316 e. The van der Waals surface area contributed by atoms with E-state index < -0.39 is 90.8 Å². The Morgan fingerprint density at radius 3 is 2.35 bits per heavy atom. The van der Waals surface area contributed by atoms with Crippen molar-refractivity contribution in [3.63, 3.8) is 0 Å². The average Bonchev–Trinajstić information content (AvgIpc) is 3.58. The molecular formula is C48H74O14. The largest absolute Gasteiger partial charge is 0.462 e. The number of methoxy groups -OCH3 is 2. The minimum absolute atomic E-state index is 0.00708. The first-order valence-corrected chi connectivity index (χ1v) is 23.2. The Balaban J connectivity index is 1.18. The van der Waals surface area contributed by atoms with Crippen LogP contribution in [0.25, 0.3) is 0 Å². The fourth-order valence-electron chi connectivity index (χ4n) is 11.0. The van der Waals surface area contributed by atoms with E-state index in [2.05, 4.69) is 40.7 Å². The fourth-order valence-corrected chi connectivity index (χ4v) is 11.0. The molecular weight excluding hydrogens is 801 g/mol. The molecule has 1 spiro atoms. The van der Waals surface area contributed by atoms with Crippen LogP contribution in [0.1, 0.15) is 107 Å². The molecule has 1 aliphatic carbocycles. The lowest BCUT2D eigenvalue weighted by molar-refractivity contribution is -0.340. The van der Waals surface area contributed by atoms with Gasteiger partial charge in [0.15, 0.2) is 18.4 Å². The SMILES string of the molecule is CC[C@H](C)[C@H]1O[C@]2(CC[C@@H]1C)C[C@@H]1C[C@@H](C/C=C(\C)[C@@H](O[C@@H]3C[C@@H](OC)[C@H](O[C@@H]4C[C@@H](OC)[C@H](O)[C@@H](C)O4)[C@@H](C)O3)[C@@H](C)/C=C/C=C3\COC4[C@H](O)C(C)=C[C@@H](C(=O)O1)[C@]34O)O2.